The highest BCUT2D eigenvalue weighted by molar-refractivity contribution is 5.81. The van der Waals surface area contributed by atoms with E-state index in [9.17, 15) is 4.79 Å². The first-order valence-corrected chi connectivity index (χ1v) is 7.54. The van der Waals surface area contributed by atoms with Gasteiger partial charge < -0.3 is 5.32 Å². The van der Waals surface area contributed by atoms with Crippen LogP contribution in [0.15, 0.2) is 0 Å². The third-order valence-electron chi connectivity index (χ3n) is 4.74. The lowest BCUT2D eigenvalue weighted by Gasteiger charge is -2.31. The van der Waals surface area contributed by atoms with Crippen LogP contribution in [-0.2, 0) is 4.79 Å². The monoisotopic (exact) mass is 237 g/mol. The van der Waals surface area contributed by atoms with Crippen LogP contribution in [0.25, 0.3) is 0 Å². The van der Waals surface area contributed by atoms with Gasteiger partial charge >= 0.3 is 0 Å². The molecule has 1 N–H and O–H groups in total. The van der Waals surface area contributed by atoms with E-state index >= 15 is 0 Å². The molecular weight excluding hydrogens is 210 g/mol. The number of rotatable bonds is 4. The molecule has 2 rings (SSSR count). The Hall–Kier alpha value is -0.370. The molecule has 3 unspecified atom stereocenters. The van der Waals surface area contributed by atoms with Gasteiger partial charge in [0.25, 0.3) is 0 Å². The van der Waals surface area contributed by atoms with Gasteiger partial charge in [-0.3, -0.25) is 4.79 Å². The normalized spacial score (nSPS) is 34.5. The third-order valence-corrected chi connectivity index (χ3v) is 4.74. The largest absolute Gasteiger partial charge is 0.316 e. The van der Waals surface area contributed by atoms with E-state index in [1.807, 2.05) is 0 Å². The van der Waals surface area contributed by atoms with Crippen molar-refractivity contribution < 1.29 is 4.79 Å². The molecule has 0 aromatic carbocycles. The zero-order valence-electron chi connectivity index (χ0n) is 11.2. The summed E-state index contributed by atoms with van der Waals surface area (Å²) in [6.07, 6.45) is 9.60. The van der Waals surface area contributed by atoms with Crippen LogP contribution in [0.1, 0.15) is 58.3 Å². The standard InChI is InChI=1S/C15H27NO/c1-2-13-7-3-4-8-14(13)15(17)10-12-6-5-9-16-11-12/h12-14,16H,2-11H2,1H3. The van der Waals surface area contributed by atoms with Gasteiger partial charge in [-0.05, 0) is 50.6 Å². The minimum Gasteiger partial charge on any atom is -0.316 e. The smallest absolute Gasteiger partial charge is 0.136 e. The highest BCUT2D eigenvalue weighted by atomic mass is 16.1. The highest BCUT2D eigenvalue weighted by Crippen LogP contribution is 2.34. The molecule has 2 heteroatoms. The molecule has 2 aliphatic rings. The molecule has 0 spiro atoms. The summed E-state index contributed by atoms with van der Waals surface area (Å²) in [6.45, 7) is 4.46. The van der Waals surface area contributed by atoms with Crippen molar-refractivity contribution in [2.24, 2.45) is 17.8 Å². The maximum atomic E-state index is 12.4. The Kier molecular flexibility index (Phi) is 5.02. The van der Waals surface area contributed by atoms with Gasteiger partial charge in [0, 0.05) is 12.3 Å². The summed E-state index contributed by atoms with van der Waals surface area (Å²) >= 11 is 0. The highest BCUT2D eigenvalue weighted by Gasteiger charge is 2.30. The van der Waals surface area contributed by atoms with Gasteiger partial charge in [0.2, 0.25) is 0 Å². The molecule has 3 atom stereocenters. The quantitative estimate of drug-likeness (QED) is 0.813. The molecular formula is C15H27NO. The molecule has 0 amide bonds. The Bertz CT molecular complexity index is 245. The predicted molar refractivity (Wildman–Crippen MR) is 71.0 cm³/mol. The van der Waals surface area contributed by atoms with Crippen LogP contribution < -0.4 is 5.32 Å². The Labute approximate surface area is 106 Å². The molecule has 2 fully saturated rings. The van der Waals surface area contributed by atoms with E-state index in [2.05, 4.69) is 12.2 Å². The van der Waals surface area contributed by atoms with E-state index in [0.29, 0.717) is 23.5 Å². The summed E-state index contributed by atoms with van der Waals surface area (Å²) in [6, 6.07) is 0. The molecule has 0 radical (unpaired) electrons. The van der Waals surface area contributed by atoms with Crippen LogP contribution in [0.5, 0.6) is 0 Å². The van der Waals surface area contributed by atoms with E-state index in [-0.39, 0.29) is 0 Å². The zero-order chi connectivity index (χ0) is 12.1. The van der Waals surface area contributed by atoms with Crippen LogP contribution in [0.3, 0.4) is 0 Å². The molecule has 1 heterocycles. The van der Waals surface area contributed by atoms with Gasteiger partial charge in [0.1, 0.15) is 5.78 Å². The van der Waals surface area contributed by atoms with Crippen molar-refractivity contribution in [1.29, 1.82) is 0 Å². The van der Waals surface area contributed by atoms with Gasteiger partial charge in [-0.2, -0.15) is 0 Å². The van der Waals surface area contributed by atoms with Gasteiger partial charge in [0.05, 0.1) is 0 Å². The van der Waals surface area contributed by atoms with Gasteiger partial charge in [-0.25, -0.2) is 0 Å². The Morgan fingerprint density at radius 1 is 1.18 bits per heavy atom. The fourth-order valence-corrected chi connectivity index (χ4v) is 3.65. The average molecular weight is 237 g/mol. The topological polar surface area (TPSA) is 29.1 Å². The van der Waals surface area contributed by atoms with Crippen molar-refractivity contribution in [2.75, 3.05) is 13.1 Å². The van der Waals surface area contributed by atoms with Crippen LogP contribution in [0, 0.1) is 17.8 Å². The minimum absolute atomic E-state index is 0.399. The number of carbonyl (C=O) groups is 1. The lowest BCUT2D eigenvalue weighted by Crippen LogP contribution is -2.34. The second-order valence-corrected chi connectivity index (χ2v) is 5.94. The van der Waals surface area contributed by atoms with E-state index in [0.717, 1.165) is 25.9 Å². The summed E-state index contributed by atoms with van der Waals surface area (Å²) < 4.78 is 0. The SMILES string of the molecule is CCC1CCCCC1C(=O)CC1CCCNC1. The van der Waals surface area contributed by atoms with E-state index in [1.165, 1.54) is 38.5 Å². The maximum absolute atomic E-state index is 12.4. The fourth-order valence-electron chi connectivity index (χ4n) is 3.65. The lowest BCUT2D eigenvalue weighted by molar-refractivity contribution is -0.126. The van der Waals surface area contributed by atoms with Gasteiger partial charge in [-0.1, -0.05) is 26.2 Å². The molecule has 98 valence electrons. The summed E-state index contributed by atoms with van der Waals surface area (Å²) in [5.74, 6) is 2.28. The number of ketones is 1. The number of piperidine rings is 1. The average Bonchev–Trinajstić information content (AvgIpc) is 2.40. The fraction of sp³-hybridized carbons (Fsp3) is 0.933. The van der Waals surface area contributed by atoms with E-state index in [4.69, 9.17) is 0 Å². The molecule has 0 aromatic heterocycles. The first-order chi connectivity index (χ1) is 8.31. The molecule has 1 aliphatic heterocycles. The summed E-state index contributed by atoms with van der Waals surface area (Å²) in [7, 11) is 0. The van der Waals surface area contributed by atoms with Crippen molar-refractivity contribution in [1.82, 2.24) is 5.32 Å². The molecule has 1 aliphatic carbocycles. The molecule has 0 bridgehead atoms. The first kappa shape index (κ1) is 13.1. The number of hydrogen-bond donors (Lipinski definition) is 1. The second-order valence-electron chi connectivity index (χ2n) is 5.94. The lowest BCUT2D eigenvalue weighted by atomic mass is 9.73. The summed E-state index contributed by atoms with van der Waals surface area (Å²) in [5, 5.41) is 3.42. The van der Waals surface area contributed by atoms with Gasteiger partial charge in [0.15, 0.2) is 0 Å². The molecule has 17 heavy (non-hydrogen) atoms. The summed E-state index contributed by atoms with van der Waals surface area (Å²) in [4.78, 5) is 12.4. The molecule has 1 saturated heterocycles. The number of carbonyl (C=O) groups excluding carboxylic acids is 1. The molecule has 2 nitrogen and oxygen atoms in total. The van der Waals surface area contributed by atoms with Crippen LogP contribution in [0.4, 0.5) is 0 Å². The van der Waals surface area contributed by atoms with Crippen molar-refractivity contribution in [3.8, 4) is 0 Å². The predicted octanol–water partition coefficient (Wildman–Crippen LogP) is 3.16. The van der Waals surface area contributed by atoms with Crippen LogP contribution in [-0.4, -0.2) is 18.9 Å². The minimum atomic E-state index is 0.399. The Morgan fingerprint density at radius 2 is 2.00 bits per heavy atom. The molecule has 1 saturated carbocycles. The van der Waals surface area contributed by atoms with Crippen molar-refractivity contribution in [3.05, 3.63) is 0 Å². The Morgan fingerprint density at radius 3 is 2.71 bits per heavy atom. The van der Waals surface area contributed by atoms with E-state index in [1.54, 1.807) is 0 Å². The number of hydrogen-bond acceptors (Lipinski definition) is 2. The van der Waals surface area contributed by atoms with Gasteiger partial charge in [-0.15, -0.1) is 0 Å². The van der Waals surface area contributed by atoms with Crippen molar-refractivity contribution in [2.45, 2.75) is 58.3 Å². The Balaban J connectivity index is 1.84. The van der Waals surface area contributed by atoms with Crippen molar-refractivity contribution >= 4 is 5.78 Å². The summed E-state index contributed by atoms with van der Waals surface area (Å²) in [5.41, 5.74) is 0. The zero-order valence-corrected chi connectivity index (χ0v) is 11.2. The number of nitrogens with one attached hydrogen (secondary N) is 1. The second kappa shape index (κ2) is 6.53. The molecule has 0 aromatic rings. The number of Topliss-reactive ketones (excluding diaryl/α,β-unsaturated/α-hetero) is 1. The van der Waals surface area contributed by atoms with E-state index < -0.39 is 0 Å². The van der Waals surface area contributed by atoms with Crippen molar-refractivity contribution in [3.63, 3.8) is 0 Å². The first-order valence-electron chi connectivity index (χ1n) is 7.54. The van der Waals surface area contributed by atoms with Crippen LogP contribution in [0.2, 0.25) is 0 Å². The van der Waals surface area contributed by atoms with Crippen LogP contribution >= 0.6 is 0 Å². The third kappa shape index (κ3) is 3.54. The maximum Gasteiger partial charge on any atom is 0.136 e.